The van der Waals surface area contributed by atoms with Crippen molar-refractivity contribution in [1.82, 2.24) is 0 Å². The Morgan fingerprint density at radius 1 is 1.53 bits per heavy atom. The van der Waals surface area contributed by atoms with Gasteiger partial charge in [-0.1, -0.05) is 0 Å². The fraction of sp³-hybridized carbons (Fsp3) is 0.455. The number of hydrogen-bond donors (Lipinski definition) is 1. The third kappa shape index (κ3) is 2.32. The van der Waals surface area contributed by atoms with Crippen LogP contribution in [-0.4, -0.2) is 12.6 Å². The number of nitrogens with two attached hydrogens (primary N) is 1. The maximum atomic E-state index is 13.2. The lowest BCUT2D eigenvalue weighted by Gasteiger charge is -2.13. The number of ether oxygens (including phenoxy) is 1. The molecule has 2 N–H and O–H groups in total. The first-order chi connectivity index (χ1) is 7.04. The largest absolute Gasteiger partial charge is 0.496 e. The van der Waals surface area contributed by atoms with Gasteiger partial charge < -0.3 is 10.5 Å². The Labute approximate surface area is 96.7 Å². The molecular weight excluding hydrogens is 261 g/mol. The molecule has 1 aliphatic carbocycles. The normalized spacial score (nSPS) is 17.6. The summed E-state index contributed by atoms with van der Waals surface area (Å²) >= 11 is 3.17. The summed E-state index contributed by atoms with van der Waals surface area (Å²) in [5, 5.41) is 0. The minimum absolute atomic E-state index is 0.0927. The van der Waals surface area contributed by atoms with Gasteiger partial charge in [0.25, 0.3) is 0 Å². The van der Waals surface area contributed by atoms with Crippen LogP contribution in [0.25, 0.3) is 0 Å². The van der Waals surface area contributed by atoms with Crippen LogP contribution in [0.1, 0.15) is 18.4 Å². The zero-order chi connectivity index (χ0) is 11.1. The van der Waals surface area contributed by atoms with Gasteiger partial charge >= 0.3 is 0 Å². The molecular formula is C11H13BrFNO. The highest BCUT2D eigenvalue weighted by molar-refractivity contribution is 9.10. The van der Waals surface area contributed by atoms with Gasteiger partial charge in [-0.2, -0.15) is 0 Å². The third-order valence-corrected chi connectivity index (χ3v) is 3.37. The first kappa shape index (κ1) is 10.9. The fourth-order valence-electron chi connectivity index (χ4n) is 1.61. The van der Waals surface area contributed by atoms with Gasteiger partial charge in [-0.05, 0) is 46.8 Å². The van der Waals surface area contributed by atoms with Crippen molar-refractivity contribution in [2.75, 3.05) is 7.11 Å². The summed E-state index contributed by atoms with van der Waals surface area (Å²) in [6.07, 6.45) is 2.81. The van der Waals surface area contributed by atoms with Gasteiger partial charge in [-0.15, -0.1) is 0 Å². The maximum absolute atomic E-state index is 13.2. The second-order valence-corrected chi connectivity index (χ2v) is 4.97. The summed E-state index contributed by atoms with van der Waals surface area (Å²) in [6, 6.07) is 3.15. The van der Waals surface area contributed by atoms with Crippen LogP contribution >= 0.6 is 15.9 Å². The summed E-state index contributed by atoms with van der Waals surface area (Å²) < 4.78 is 18.8. The van der Waals surface area contributed by atoms with E-state index >= 15 is 0 Å². The van der Waals surface area contributed by atoms with E-state index < -0.39 is 0 Å². The van der Waals surface area contributed by atoms with Crippen LogP contribution in [0.15, 0.2) is 16.6 Å². The molecule has 0 bridgehead atoms. The van der Waals surface area contributed by atoms with Crippen LogP contribution < -0.4 is 10.5 Å². The number of halogens is 2. The molecule has 0 saturated heterocycles. The lowest BCUT2D eigenvalue weighted by molar-refractivity contribution is 0.403. The minimum atomic E-state index is -0.308. The molecule has 0 aliphatic heterocycles. The van der Waals surface area contributed by atoms with Crippen molar-refractivity contribution in [1.29, 1.82) is 0 Å². The lowest BCUT2D eigenvalue weighted by atomic mass is 10.0. The van der Waals surface area contributed by atoms with Crippen LogP contribution in [0, 0.1) is 5.82 Å². The van der Waals surface area contributed by atoms with Crippen LogP contribution in [0.4, 0.5) is 4.39 Å². The molecule has 1 aliphatic rings. The smallest absolute Gasteiger partial charge is 0.141 e. The second kappa shape index (κ2) is 3.76. The molecule has 0 amide bonds. The zero-order valence-electron chi connectivity index (χ0n) is 8.52. The Bertz CT molecular complexity index is 390. The fourth-order valence-corrected chi connectivity index (χ4v) is 2.01. The Morgan fingerprint density at radius 2 is 2.20 bits per heavy atom. The Balaban J connectivity index is 2.31. The molecule has 82 valence electrons. The first-order valence-electron chi connectivity index (χ1n) is 4.85. The molecule has 15 heavy (non-hydrogen) atoms. The van der Waals surface area contributed by atoms with E-state index in [4.69, 9.17) is 10.5 Å². The molecule has 1 saturated carbocycles. The molecule has 2 nitrogen and oxygen atoms in total. The third-order valence-electron chi connectivity index (χ3n) is 2.76. The van der Waals surface area contributed by atoms with E-state index in [0.29, 0.717) is 10.2 Å². The summed E-state index contributed by atoms with van der Waals surface area (Å²) in [5.41, 5.74) is 6.90. The van der Waals surface area contributed by atoms with E-state index in [2.05, 4.69) is 15.9 Å². The van der Waals surface area contributed by atoms with E-state index in [9.17, 15) is 4.39 Å². The molecule has 0 spiro atoms. The van der Waals surface area contributed by atoms with Crippen molar-refractivity contribution >= 4 is 15.9 Å². The number of benzene rings is 1. The van der Waals surface area contributed by atoms with Crippen LogP contribution in [-0.2, 0) is 6.42 Å². The molecule has 0 radical (unpaired) electrons. The second-order valence-electron chi connectivity index (χ2n) is 4.12. The molecule has 0 heterocycles. The Morgan fingerprint density at radius 3 is 2.73 bits per heavy atom. The Kier molecular flexibility index (Phi) is 2.73. The van der Waals surface area contributed by atoms with Crippen LogP contribution in [0.5, 0.6) is 5.75 Å². The van der Waals surface area contributed by atoms with Crippen molar-refractivity contribution in [2.24, 2.45) is 5.73 Å². The molecule has 1 aromatic carbocycles. The average Bonchev–Trinajstić information content (AvgIpc) is 2.89. The van der Waals surface area contributed by atoms with Crippen molar-refractivity contribution in [2.45, 2.75) is 24.8 Å². The predicted molar refractivity (Wildman–Crippen MR) is 60.5 cm³/mol. The topological polar surface area (TPSA) is 35.2 Å². The van der Waals surface area contributed by atoms with Crippen molar-refractivity contribution in [3.05, 3.63) is 28.0 Å². The van der Waals surface area contributed by atoms with Gasteiger partial charge in [0.05, 0.1) is 11.6 Å². The predicted octanol–water partition coefficient (Wildman–Crippen LogP) is 2.63. The Hall–Kier alpha value is -0.610. The number of methoxy groups -OCH3 is 1. The van der Waals surface area contributed by atoms with E-state index in [-0.39, 0.29) is 11.4 Å². The molecule has 2 rings (SSSR count). The van der Waals surface area contributed by atoms with E-state index in [0.717, 1.165) is 24.8 Å². The minimum Gasteiger partial charge on any atom is -0.496 e. The maximum Gasteiger partial charge on any atom is 0.141 e. The highest BCUT2D eigenvalue weighted by atomic mass is 79.9. The van der Waals surface area contributed by atoms with Gasteiger partial charge in [-0.25, -0.2) is 4.39 Å². The summed E-state index contributed by atoms with van der Waals surface area (Å²) in [5.74, 6) is 0.268. The highest BCUT2D eigenvalue weighted by Crippen LogP contribution is 2.38. The summed E-state index contributed by atoms with van der Waals surface area (Å²) in [7, 11) is 1.54. The average molecular weight is 274 g/mol. The van der Waals surface area contributed by atoms with Gasteiger partial charge in [0.1, 0.15) is 11.6 Å². The van der Waals surface area contributed by atoms with Crippen LogP contribution in [0.3, 0.4) is 0 Å². The lowest BCUT2D eigenvalue weighted by Crippen LogP contribution is -2.24. The molecule has 4 heteroatoms. The van der Waals surface area contributed by atoms with E-state index in [1.54, 1.807) is 13.2 Å². The van der Waals surface area contributed by atoms with Crippen molar-refractivity contribution in [3.63, 3.8) is 0 Å². The quantitative estimate of drug-likeness (QED) is 0.919. The summed E-state index contributed by atoms with van der Waals surface area (Å²) in [4.78, 5) is 0. The SMILES string of the molecule is COc1cc(F)c(Br)cc1CC1(N)CC1. The first-order valence-corrected chi connectivity index (χ1v) is 5.64. The zero-order valence-corrected chi connectivity index (χ0v) is 10.1. The molecule has 1 aromatic rings. The number of hydrogen-bond acceptors (Lipinski definition) is 2. The molecule has 0 unspecified atom stereocenters. The van der Waals surface area contributed by atoms with Gasteiger partial charge in [0.2, 0.25) is 0 Å². The highest BCUT2D eigenvalue weighted by Gasteiger charge is 2.38. The molecule has 0 aromatic heterocycles. The van der Waals surface area contributed by atoms with Gasteiger partial charge in [0.15, 0.2) is 0 Å². The summed E-state index contributed by atoms with van der Waals surface area (Å²) in [6.45, 7) is 0. The monoisotopic (exact) mass is 273 g/mol. The number of rotatable bonds is 3. The van der Waals surface area contributed by atoms with Crippen LogP contribution in [0.2, 0.25) is 0 Å². The molecule has 1 fully saturated rings. The van der Waals surface area contributed by atoms with Crippen molar-refractivity contribution in [3.8, 4) is 5.75 Å². The van der Waals surface area contributed by atoms with E-state index in [1.165, 1.54) is 6.07 Å². The standard InChI is InChI=1S/C11H13BrFNO/c1-15-10-5-9(13)8(12)4-7(10)6-11(14)2-3-11/h4-5H,2-3,6,14H2,1H3. The van der Waals surface area contributed by atoms with Gasteiger partial charge in [0, 0.05) is 11.6 Å². The van der Waals surface area contributed by atoms with Gasteiger partial charge in [-0.3, -0.25) is 0 Å². The molecule has 0 atom stereocenters. The van der Waals surface area contributed by atoms with Crippen molar-refractivity contribution < 1.29 is 9.13 Å². The van der Waals surface area contributed by atoms with E-state index in [1.807, 2.05) is 0 Å².